The van der Waals surface area contributed by atoms with Gasteiger partial charge in [0.05, 0.1) is 0 Å². The SMILES string of the molecule is Cc1ccc([NH2+]O)cc1O. The lowest BCUT2D eigenvalue weighted by molar-refractivity contribution is -0.825. The van der Waals surface area contributed by atoms with Crippen LogP contribution in [0.25, 0.3) is 0 Å². The first-order valence-corrected chi connectivity index (χ1v) is 3.01. The fraction of sp³-hybridized carbons (Fsp3) is 0.143. The molecule has 54 valence electrons. The predicted octanol–water partition coefficient (Wildman–Crippen LogP) is 0.285. The second-order valence-electron chi connectivity index (χ2n) is 2.18. The first-order valence-electron chi connectivity index (χ1n) is 3.01. The van der Waals surface area contributed by atoms with Gasteiger partial charge < -0.3 is 5.11 Å². The number of phenols is 1. The van der Waals surface area contributed by atoms with Gasteiger partial charge in [-0.2, -0.15) is 5.48 Å². The Morgan fingerprint density at radius 1 is 1.40 bits per heavy atom. The van der Waals surface area contributed by atoms with E-state index in [9.17, 15) is 0 Å². The third kappa shape index (κ3) is 1.26. The molecular weight excluding hydrogens is 130 g/mol. The van der Waals surface area contributed by atoms with Crippen molar-refractivity contribution in [1.82, 2.24) is 0 Å². The van der Waals surface area contributed by atoms with Crippen molar-refractivity contribution in [3.8, 4) is 5.75 Å². The van der Waals surface area contributed by atoms with E-state index in [-0.39, 0.29) is 5.75 Å². The van der Waals surface area contributed by atoms with E-state index in [4.69, 9.17) is 10.3 Å². The molecule has 10 heavy (non-hydrogen) atoms. The van der Waals surface area contributed by atoms with E-state index in [1.165, 1.54) is 6.07 Å². The third-order valence-electron chi connectivity index (χ3n) is 1.38. The summed E-state index contributed by atoms with van der Waals surface area (Å²) in [5, 5.41) is 17.6. The molecule has 0 atom stereocenters. The lowest BCUT2D eigenvalue weighted by atomic mass is 10.2. The number of aromatic hydroxyl groups is 1. The van der Waals surface area contributed by atoms with E-state index in [0.717, 1.165) is 11.0 Å². The molecule has 0 amide bonds. The van der Waals surface area contributed by atoms with Crippen molar-refractivity contribution in [2.45, 2.75) is 6.92 Å². The summed E-state index contributed by atoms with van der Waals surface area (Å²) in [7, 11) is 0. The van der Waals surface area contributed by atoms with Gasteiger partial charge in [-0.3, -0.25) is 0 Å². The topological polar surface area (TPSA) is 57.1 Å². The molecule has 0 saturated carbocycles. The molecule has 0 saturated heterocycles. The van der Waals surface area contributed by atoms with Crippen LogP contribution in [0.15, 0.2) is 18.2 Å². The van der Waals surface area contributed by atoms with Crippen LogP contribution in [0.1, 0.15) is 5.56 Å². The predicted molar refractivity (Wildman–Crippen MR) is 36.2 cm³/mol. The van der Waals surface area contributed by atoms with Gasteiger partial charge in [0, 0.05) is 12.1 Å². The van der Waals surface area contributed by atoms with E-state index in [1.54, 1.807) is 19.1 Å². The molecule has 3 heteroatoms. The van der Waals surface area contributed by atoms with Gasteiger partial charge in [-0.1, -0.05) is 0 Å². The zero-order valence-corrected chi connectivity index (χ0v) is 5.70. The summed E-state index contributed by atoms with van der Waals surface area (Å²) < 4.78 is 0. The molecule has 4 N–H and O–H groups in total. The van der Waals surface area contributed by atoms with Crippen LogP contribution in [-0.2, 0) is 0 Å². The number of benzene rings is 1. The Bertz CT molecular complexity index is 235. The van der Waals surface area contributed by atoms with Crippen LogP contribution in [0.3, 0.4) is 0 Å². The van der Waals surface area contributed by atoms with Crippen molar-refractivity contribution in [3.63, 3.8) is 0 Å². The summed E-state index contributed by atoms with van der Waals surface area (Å²) >= 11 is 0. The highest BCUT2D eigenvalue weighted by Crippen LogP contribution is 2.17. The highest BCUT2D eigenvalue weighted by Gasteiger charge is 1.98. The van der Waals surface area contributed by atoms with Crippen molar-refractivity contribution in [3.05, 3.63) is 23.8 Å². The summed E-state index contributed by atoms with van der Waals surface area (Å²) in [5.74, 6) is 0.211. The Hall–Kier alpha value is -1.06. The normalized spacial score (nSPS) is 9.80. The summed E-state index contributed by atoms with van der Waals surface area (Å²) in [6.45, 7) is 1.80. The van der Waals surface area contributed by atoms with Gasteiger partial charge in [0.2, 0.25) is 0 Å². The number of phenolic OH excluding ortho intramolecular Hbond substituents is 1. The van der Waals surface area contributed by atoms with Gasteiger partial charge in [0.15, 0.2) is 5.69 Å². The Kier molecular flexibility index (Phi) is 1.89. The summed E-state index contributed by atoms with van der Waals surface area (Å²) in [5.41, 5.74) is 2.38. The molecule has 1 aromatic carbocycles. The van der Waals surface area contributed by atoms with E-state index in [1.807, 2.05) is 0 Å². The molecule has 0 heterocycles. The standard InChI is InChI=1S/C7H9NO2/c1-5-2-3-6(8-10)4-7(5)9/h2-4,8-10H,1H3/p+1. The molecule has 3 nitrogen and oxygen atoms in total. The van der Waals surface area contributed by atoms with Crippen LogP contribution in [0.5, 0.6) is 5.75 Å². The molecule has 0 bridgehead atoms. The van der Waals surface area contributed by atoms with Crippen LogP contribution in [-0.4, -0.2) is 10.3 Å². The van der Waals surface area contributed by atoms with Gasteiger partial charge in [-0.15, -0.1) is 0 Å². The Labute approximate surface area is 58.9 Å². The van der Waals surface area contributed by atoms with E-state index < -0.39 is 0 Å². The number of quaternary nitrogens is 1. The highest BCUT2D eigenvalue weighted by atomic mass is 16.5. The van der Waals surface area contributed by atoms with Crippen LogP contribution in [0.4, 0.5) is 5.69 Å². The summed E-state index contributed by atoms with van der Waals surface area (Å²) in [4.78, 5) is 0. The molecule has 0 fully saturated rings. The Morgan fingerprint density at radius 3 is 2.60 bits per heavy atom. The fourth-order valence-corrected chi connectivity index (χ4v) is 0.707. The number of hydrogen-bond donors (Lipinski definition) is 3. The van der Waals surface area contributed by atoms with Crippen molar-refractivity contribution < 1.29 is 15.8 Å². The fourth-order valence-electron chi connectivity index (χ4n) is 0.707. The van der Waals surface area contributed by atoms with Crippen molar-refractivity contribution in [2.24, 2.45) is 0 Å². The minimum atomic E-state index is 0.211. The maximum absolute atomic E-state index is 9.10. The van der Waals surface area contributed by atoms with Crippen molar-refractivity contribution in [1.29, 1.82) is 0 Å². The minimum Gasteiger partial charge on any atom is -0.507 e. The summed E-state index contributed by atoms with van der Waals surface area (Å²) in [6.07, 6.45) is 0. The van der Waals surface area contributed by atoms with E-state index in [2.05, 4.69) is 0 Å². The van der Waals surface area contributed by atoms with E-state index in [0.29, 0.717) is 5.69 Å². The molecule has 0 unspecified atom stereocenters. The van der Waals surface area contributed by atoms with Crippen LogP contribution in [0, 0.1) is 6.92 Å². The number of aryl methyl sites for hydroxylation is 1. The zero-order chi connectivity index (χ0) is 7.56. The first kappa shape index (κ1) is 7.05. The molecule has 1 aromatic rings. The van der Waals surface area contributed by atoms with Gasteiger partial charge in [0.25, 0.3) is 0 Å². The number of hydrogen-bond acceptors (Lipinski definition) is 2. The van der Waals surface area contributed by atoms with Gasteiger partial charge in [-0.05, 0) is 18.6 Å². The number of rotatable bonds is 1. The number of nitrogens with two attached hydrogens (primary N) is 1. The van der Waals surface area contributed by atoms with Crippen LogP contribution in [0.2, 0.25) is 0 Å². The van der Waals surface area contributed by atoms with Gasteiger partial charge in [-0.25, -0.2) is 5.21 Å². The average molecular weight is 140 g/mol. The van der Waals surface area contributed by atoms with Gasteiger partial charge >= 0.3 is 0 Å². The maximum atomic E-state index is 9.10. The quantitative estimate of drug-likeness (QED) is 0.388. The monoisotopic (exact) mass is 140 g/mol. The molecule has 0 aliphatic rings. The Morgan fingerprint density at radius 2 is 2.10 bits per heavy atom. The Balaban J connectivity index is 3.04. The maximum Gasteiger partial charge on any atom is 0.165 e. The first-order chi connectivity index (χ1) is 4.74. The lowest BCUT2D eigenvalue weighted by Crippen LogP contribution is -2.73. The zero-order valence-electron chi connectivity index (χ0n) is 5.70. The average Bonchev–Trinajstić information content (AvgIpc) is 1.95. The van der Waals surface area contributed by atoms with Crippen LogP contribution >= 0.6 is 0 Å². The molecule has 0 aliphatic heterocycles. The highest BCUT2D eigenvalue weighted by molar-refractivity contribution is 5.41. The van der Waals surface area contributed by atoms with Crippen LogP contribution < -0.4 is 5.48 Å². The molecule has 0 aliphatic carbocycles. The summed E-state index contributed by atoms with van der Waals surface area (Å²) in [6, 6.07) is 4.99. The molecule has 0 radical (unpaired) electrons. The molecule has 1 rings (SSSR count). The van der Waals surface area contributed by atoms with Crippen molar-refractivity contribution >= 4 is 5.69 Å². The second-order valence-corrected chi connectivity index (χ2v) is 2.18. The van der Waals surface area contributed by atoms with E-state index >= 15 is 0 Å². The molecule has 0 spiro atoms. The van der Waals surface area contributed by atoms with Crippen molar-refractivity contribution in [2.75, 3.05) is 0 Å². The second kappa shape index (κ2) is 2.68. The minimum absolute atomic E-state index is 0.211. The lowest BCUT2D eigenvalue weighted by Gasteiger charge is -1.96. The third-order valence-corrected chi connectivity index (χ3v) is 1.38. The van der Waals surface area contributed by atoms with Gasteiger partial charge in [0.1, 0.15) is 5.75 Å². The molecule has 0 aromatic heterocycles. The largest absolute Gasteiger partial charge is 0.507 e. The molecular formula is C7H10NO2+. The smallest absolute Gasteiger partial charge is 0.165 e.